The van der Waals surface area contributed by atoms with Crippen LogP contribution < -0.4 is 5.73 Å². The first-order valence-electron chi connectivity index (χ1n) is 7.38. The summed E-state index contributed by atoms with van der Waals surface area (Å²) in [5, 5.41) is 0. The van der Waals surface area contributed by atoms with Crippen molar-refractivity contribution in [2.45, 2.75) is 44.6 Å². The molecule has 2 fully saturated rings. The van der Waals surface area contributed by atoms with E-state index in [1.165, 1.54) is 32.1 Å². The van der Waals surface area contributed by atoms with Gasteiger partial charge in [-0.25, -0.2) is 0 Å². The third-order valence-corrected chi connectivity index (χ3v) is 4.64. The van der Waals surface area contributed by atoms with Crippen molar-refractivity contribution in [3.05, 3.63) is 29.8 Å². The highest BCUT2D eigenvalue weighted by Gasteiger charge is 2.37. The van der Waals surface area contributed by atoms with Gasteiger partial charge in [-0.05, 0) is 42.9 Å². The average Bonchev–Trinajstić information content (AvgIpc) is 2.82. The summed E-state index contributed by atoms with van der Waals surface area (Å²) >= 11 is 0. The van der Waals surface area contributed by atoms with E-state index in [9.17, 15) is 4.79 Å². The van der Waals surface area contributed by atoms with Gasteiger partial charge in [0.25, 0.3) is 0 Å². The predicted molar refractivity (Wildman–Crippen MR) is 76.6 cm³/mol. The first-order valence-corrected chi connectivity index (χ1v) is 7.38. The van der Waals surface area contributed by atoms with Crippen LogP contribution in [0.1, 0.15) is 37.7 Å². The van der Waals surface area contributed by atoms with E-state index in [1.54, 1.807) is 0 Å². The Bertz CT molecular complexity index is 472. The summed E-state index contributed by atoms with van der Waals surface area (Å²) in [6, 6.07) is 8.20. The lowest BCUT2D eigenvalue weighted by atomic mass is 9.85. The molecule has 1 aromatic rings. The maximum Gasteiger partial charge on any atom is 0.227 e. The highest BCUT2D eigenvalue weighted by atomic mass is 16.2. The molecule has 3 nitrogen and oxygen atoms in total. The smallest absolute Gasteiger partial charge is 0.227 e. The molecule has 102 valence electrons. The normalized spacial score (nSPS) is 26.2. The highest BCUT2D eigenvalue weighted by molar-refractivity contribution is 5.79. The summed E-state index contributed by atoms with van der Waals surface area (Å²) in [5.74, 6) is 1.04. The van der Waals surface area contributed by atoms with Gasteiger partial charge in [-0.3, -0.25) is 4.79 Å². The van der Waals surface area contributed by atoms with Crippen LogP contribution >= 0.6 is 0 Å². The number of fused-ring (bicyclic) bond motifs is 1. The van der Waals surface area contributed by atoms with Crippen LogP contribution in [-0.2, 0) is 11.2 Å². The molecule has 0 radical (unpaired) electrons. The quantitative estimate of drug-likeness (QED) is 0.829. The van der Waals surface area contributed by atoms with Crippen LogP contribution in [0.4, 0.5) is 5.69 Å². The third kappa shape index (κ3) is 2.60. The number of rotatable bonds is 2. The molecule has 1 aliphatic carbocycles. The number of nitrogen functional groups attached to an aromatic ring is 1. The Kier molecular flexibility index (Phi) is 3.45. The van der Waals surface area contributed by atoms with E-state index < -0.39 is 0 Å². The van der Waals surface area contributed by atoms with Crippen LogP contribution in [0.15, 0.2) is 24.3 Å². The Balaban J connectivity index is 1.67. The molecule has 3 heteroatoms. The molecule has 1 saturated carbocycles. The number of nitrogens with two attached hydrogens (primary N) is 1. The lowest BCUT2D eigenvalue weighted by Crippen LogP contribution is -2.40. The fourth-order valence-electron chi connectivity index (χ4n) is 3.69. The minimum Gasteiger partial charge on any atom is -0.399 e. The number of nitrogens with zero attached hydrogens (tertiary/aromatic N) is 1. The molecule has 3 rings (SSSR count). The number of benzene rings is 1. The van der Waals surface area contributed by atoms with Crippen LogP contribution in [0.3, 0.4) is 0 Å². The fourth-order valence-corrected chi connectivity index (χ4v) is 3.69. The fraction of sp³-hybridized carbons (Fsp3) is 0.562. The molecule has 2 atom stereocenters. The van der Waals surface area contributed by atoms with E-state index in [1.807, 2.05) is 24.3 Å². The number of carbonyl (C=O) groups is 1. The van der Waals surface area contributed by atoms with Crippen LogP contribution in [0.2, 0.25) is 0 Å². The van der Waals surface area contributed by atoms with E-state index in [0.29, 0.717) is 12.5 Å². The monoisotopic (exact) mass is 258 g/mol. The molecule has 2 unspecified atom stereocenters. The number of amides is 1. The molecule has 2 N–H and O–H groups in total. The maximum atomic E-state index is 12.5. The zero-order valence-electron chi connectivity index (χ0n) is 11.3. The molecule has 0 aromatic heterocycles. The van der Waals surface area contributed by atoms with Gasteiger partial charge < -0.3 is 10.6 Å². The van der Waals surface area contributed by atoms with Crippen molar-refractivity contribution >= 4 is 11.6 Å². The van der Waals surface area contributed by atoms with Gasteiger partial charge in [-0.2, -0.15) is 0 Å². The van der Waals surface area contributed by atoms with Crippen molar-refractivity contribution < 1.29 is 4.79 Å². The van der Waals surface area contributed by atoms with E-state index in [2.05, 4.69) is 4.90 Å². The average molecular weight is 258 g/mol. The Morgan fingerprint density at radius 3 is 2.95 bits per heavy atom. The van der Waals surface area contributed by atoms with Crippen molar-refractivity contribution in [1.82, 2.24) is 4.90 Å². The summed E-state index contributed by atoms with van der Waals surface area (Å²) in [6.45, 7) is 0.955. The van der Waals surface area contributed by atoms with Gasteiger partial charge in [0.15, 0.2) is 0 Å². The Hall–Kier alpha value is -1.51. The lowest BCUT2D eigenvalue weighted by Gasteiger charge is -2.31. The van der Waals surface area contributed by atoms with Crippen molar-refractivity contribution in [2.75, 3.05) is 12.3 Å². The first kappa shape index (κ1) is 12.5. The summed E-state index contributed by atoms with van der Waals surface area (Å²) < 4.78 is 0. The highest BCUT2D eigenvalue weighted by Crippen LogP contribution is 2.36. The number of carbonyl (C=O) groups excluding carboxylic acids is 1. The van der Waals surface area contributed by atoms with Crippen LogP contribution in [-0.4, -0.2) is 23.4 Å². The summed E-state index contributed by atoms with van der Waals surface area (Å²) in [7, 11) is 0. The van der Waals surface area contributed by atoms with Gasteiger partial charge in [-0.1, -0.05) is 25.0 Å². The molecule has 1 aliphatic heterocycles. The number of hydrogen-bond donors (Lipinski definition) is 1. The van der Waals surface area contributed by atoms with E-state index in [4.69, 9.17) is 5.73 Å². The second-order valence-corrected chi connectivity index (χ2v) is 5.91. The number of anilines is 1. The Labute approximate surface area is 114 Å². The zero-order chi connectivity index (χ0) is 13.2. The number of hydrogen-bond acceptors (Lipinski definition) is 2. The lowest BCUT2D eigenvalue weighted by molar-refractivity contribution is -0.132. The molecular formula is C16H22N2O. The van der Waals surface area contributed by atoms with Crippen LogP contribution in [0, 0.1) is 5.92 Å². The van der Waals surface area contributed by atoms with Gasteiger partial charge in [0, 0.05) is 18.3 Å². The summed E-state index contributed by atoms with van der Waals surface area (Å²) in [6.07, 6.45) is 6.84. The topological polar surface area (TPSA) is 46.3 Å². The second kappa shape index (κ2) is 5.24. The molecule has 0 bridgehead atoms. The molecule has 0 spiro atoms. The Morgan fingerprint density at radius 2 is 2.11 bits per heavy atom. The minimum absolute atomic E-state index is 0.278. The molecule has 1 aromatic carbocycles. The first-order chi connectivity index (χ1) is 9.24. The number of likely N-dealkylation sites (tertiary alicyclic amines) is 1. The molecular weight excluding hydrogens is 236 g/mol. The molecule has 1 amide bonds. The van der Waals surface area contributed by atoms with E-state index >= 15 is 0 Å². The molecule has 2 aliphatic rings. The van der Waals surface area contributed by atoms with Crippen LogP contribution in [0.25, 0.3) is 0 Å². The zero-order valence-corrected chi connectivity index (χ0v) is 11.3. The van der Waals surface area contributed by atoms with Crippen molar-refractivity contribution in [2.24, 2.45) is 5.92 Å². The third-order valence-electron chi connectivity index (χ3n) is 4.64. The van der Waals surface area contributed by atoms with Gasteiger partial charge in [0.05, 0.1) is 6.42 Å². The second-order valence-electron chi connectivity index (χ2n) is 5.91. The largest absolute Gasteiger partial charge is 0.399 e. The van der Waals surface area contributed by atoms with Gasteiger partial charge >= 0.3 is 0 Å². The Morgan fingerprint density at radius 1 is 1.26 bits per heavy atom. The van der Waals surface area contributed by atoms with Crippen molar-refractivity contribution in [1.29, 1.82) is 0 Å². The predicted octanol–water partition coefficient (Wildman–Crippen LogP) is 2.60. The van der Waals surface area contributed by atoms with Gasteiger partial charge in [0.2, 0.25) is 5.91 Å². The van der Waals surface area contributed by atoms with Crippen LogP contribution in [0.5, 0.6) is 0 Å². The molecule has 1 heterocycles. The maximum absolute atomic E-state index is 12.5. The van der Waals surface area contributed by atoms with Crippen molar-refractivity contribution in [3.63, 3.8) is 0 Å². The molecule has 19 heavy (non-hydrogen) atoms. The van der Waals surface area contributed by atoms with E-state index in [0.717, 1.165) is 23.7 Å². The summed E-state index contributed by atoms with van der Waals surface area (Å²) in [5.41, 5.74) is 7.54. The standard InChI is InChI=1S/C16H22N2O/c17-14-6-3-4-12(10-14)11-16(19)18-9-8-13-5-1-2-7-15(13)18/h3-4,6,10,13,15H,1-2,5,7-9,11,17H2. The van der Waals surface area contributed by atoms with Gasteiger partial charge in [-0.15, -0.1) is 0 Å². The molecule has 1 saturated heterocycles. The van der Waals surface area contributed by atoms with E-state index in [-0.39, 0.29) is 5.91 Å². The minimum atomic E-state index is 0.278. The summed E-state index contributed by atoms with van der Waals surface area (Å²) in [4.78, 5) is 14.6. The van der Waals surface area contributed by atoms with Crippen molar-refractivity contribution in [3.8, 4) is 0 Å². The SMILES string of the molecule is Nc1cccc(CC(=O)N2CCC3CCCCC32)c1. The van der Waals surface area contributed by atoms with Gasteiger partial charge in [0.1, 0.15) is 0 Å².